The first-order chi connectivity index (χ1) is 18.7. The van der Waals surface area contributed by atoms with Gasteiger partial charge in [-0.05, 0) is 74.7 Å². The second-order valence-corrected chi connectivity index (χ2v) is 16.2. The zero-order valence-electron chi connectivity index (χ0n) is 28.3. The van der Waals surface area contributed by atoms with Crippen LogP contribution in [0.3, 0.4) is 0 Å². The number of hydrogen-bond donors (Lipinski definition) is 0. The molecule has 0 saturated carbocycles. The van der Waals surface area contributed by atoms with E-state index in [-0.39, 0.29) is 44.8 Å². The van der Waals surface area contributed by atoms with E-state index in [0.29, 0.717) is 12.8 Å². The maximum Gasteiger partial charge on any atom is 0.160 e. The standard InChI is InChI=1S/C37H58N2O2/c1-13-31(40)30-25-39(37(11,12)27-17-15-14-16-18-27)23-28(36(30,9)10)19-20-32(41)29-24-38(22-21-34(29,5)6)35(7,8)26-33(2,3)4/h14-18,24-25,28H,13,19-23,26H2,1-12H3. The number of carbonyl (C=O) groups is 2. The van der Waals surface area contributed by atoms with Gasteiger partial charge in [-0.2, -0.15) is 0 Å². The summed E-state index contributed by atoms with van der Waals surface area (Å²) in [6.45, 7) is 28.5. The van der Waals surface area contributed by atoms with Gasteiger partial charge >= 0.3 is 0 Å². The molecule has 2 aliphatic heterocycles. The molecular weight excluding hydrogens is 504 g/mol. The topological polar surface area (TPSA) is 40.6 Å². The van der Waals surface area contributed by atoms with Gasteiger partial charge in [0.1, 0.15) is 0 Å². The molecule has 1 atom stereocenters. The molecule has 0 amide bonds. The summed E-state index contributed by atoms with van der Waals surface area (Å²) in [4.78, 5) is 32.0. The fourth-order valence-electron chi connectivity index (χ4n) is 7.23. The minimum Gasteiger partial charge on any atom is -0.372 e. The largest absolute Gasteiger partial charge is 0.372 e. The van der Waals surface area contributed by atoms with Crippen LogP contribution in [0, 0.1) is 22.2 Å². The van der Waals surface area contributed by atoms with Crippen molar-refractivity contribution in [3.8, 4) is 0 Å². The van der Waals surface area contributed by atoms with Crippen LogP contribution in [-0.4, -0.2) is 40.0 Å². The molecule has 1 unspecified atom stereocenters. The minimum absolute atomic E-state index is 0.0185. The molecule has 228 valence electrons. The summed E-state index contributed by atoms with van der Waals surface area (Å²) in [5.41, 5.74) is 2.55. The van der Waals surface area contributed by atoms with Crippen molar-refractivity contribution in [2.75, 3.05) is 13.1 Å². The molecule has 4 nitrogen and oxygen atoms in total. The lowest BCUT2D eigenvalue weighted by Crippen LogP contribution is -2.49. The zero-order valence-corrected chi connectivity index (χ0v) is 28.3. The molecular formula is C37H58N2O2. The molecule has 0 radical (unpaired) electrons. The third-order valence-corrected chi connectivity index (χ3v) is 9.99. The monoisotopic (exact) mass is 562 g/mol. The van der Waals surface area contributed by atoms with E-state index in [2.05, 4.69) is 123 Å². The maximum absolute atomic E-state index is 14.0. The van der Waals surface area contributed by atoms with Crippen molar-refractivity contribution < 1.29 is 9.59 Å². The molecule has 2 heterocycles. The van der Waals surface area contributed by atoms with E-state index in [0.717, 1.165) is 43.5 Å². The highest BCUT2D eigenvalue weighted by atomic mass is 16.1. The van der Waals surface area contributed by atoms with Crippen LogP contribution in [0.2, 0.25) is 0 Å². The Morgan fingerprint density at radius 3 is 2.00 bits per heavy atom. The first kappa shape index (κ1) is 33.1. The van der Waals surface area contributed by atoms with E-state index in [4.69, 9.17) is 0 Å². The number of allylic oxidation sites excluding steroid dienone is 2. The average molecular weight is 563 g/mol. The van der Waals surface area contributed by atoms with Crippen LogP contribution >= 0.6 is 0 Å². The van der Waals surface area contributed by atoms with Crippen molar-refractivity contribution in [1.82, 2.24) is 9.80 Å². The van der Waals surface area contributed by atoms with E-state index < -0.39 is 0 Å². The van der Waals surface area contributed by atoms with Crippen molar-refractivity contribution in [2.45, 2.75) is 126 Å². The first-order valence-electron chi connectivity index (χ1n) is 15.8. The summed E-state index contributed by atoms with van der Waals surface area (Å²) in [6.07, 6.45) is 8.11. The highest BCUT2D eigenvalue weighted by Crippen LogP contribution is 2.46. The van der Waals surface area contributed by atoms with E-state index >= 15 is 0 Å². The molecule has 0 saturated heterocycles. The Kier molecular flexibility index (Phi) is 9.48. The van der Waals surface area contributed by atoms with Crippen molar-refractivity contribution in [3.05, 3.63) is 59.4 Å². The smallest absolute Gasteiger partial charge is 0.160 e. The Labute approximate surface area is 251 Å². The highest BCUT2D eigenvalue weighted by molar-refractivity contribution is 5.97. The van der Waals surface area contributed by atoms with Crippen LogP contribution in [0.4, 0.5) is 0 Å². The number of benzene rings is 1. The van der Waals surface area contributed by atoms with Crippen molar-refractivity contribution >= 4 is 11.6 Å². The summed E-state index contributed by atoms with van der Waals surface area (Å²) in [5.74, 6) is 0.646. The van der Waals surface area contributed by atoms with Gasteiger partial charge in [-0.1, -0.05) is 85.7 Å². The second-order valence-electron chi connectivity index (χ2n) is 16.2. The zero-order chi connectivity index (χ0) is 31.0. The molecule has 0 N–H and O–H groups in total. The van der Waals surface area contributed by atoms with Crippen molar-refractivity contribution in [2.24, 2.45) is 22.2 Å². The van der Waals surface area contributed by atoms with E-state index in [1.807, 2.05) is 13.0 Å². The molecule has 0 bridgehead atoms. The van der Waals surface area contributed by atoms with Crippen LogP contribution in [-0.2, 0) is 15.1 Å². The molecule has 3 rings (SSSR count). The van der Waals surface area contributed by atoms with E-state index in [9.17, 15) is 9.59 Å². The summed E-state index contributed by atoms with van der Waals surface area (Å²) in [5, 5.41) is 0. The molecule has 41 heavy (non-hydrogen) atoms. The predicted molar refractivity (Wildman–Crippen MR) is 172 cm³/mol. The number of ketones is 2. The quantitative estimate of drug-likeness (QED) is 0.285. The molecule has 0 spiro atoms. The Morgan fingerprint density at radius 1 is 0.854 bits per heavy atom. The Hall–Kier alpha value is -2.36. The van der Waals surface area contributed by atoms with Gasteiger partial charge in [0, 0.05) is 55.0 Å². The first-order valence-corrected chi connectivity index (χ1v) is 15.8. The number of hydrogen-bond acceptors (Lipinski definition) is 4. The minimum atomic E-state index is -0.298. The Bertz CT molecular complexity index is 1160. The van der Waals surface area contributed by atoms with Crippen LogP contribution in [0.25, 0.3) is 0 Å². The fraction of sp³-hybridized carbons (Fsp3) is 0.676. The highest BCUT2D eigenvalue weighted by Gasteiger charge is 2.44. The van der Waals surface area contributed by atoms with Crippen LogP contribution in [0.15, 0.2) is 53.9 Å². The molecule has 1 aromatic rings. The molecule has 1 aromatic carbocycles. The maximum atomic E-state index is 14.0. The SMILES string of the molecule is CCC(=O)C1=CN(C(C)(C)c2ccccc2)CC(CCC(=O)C2=CN(C(C)(C)CC(C)(C)C)CCC2(C)C)C1(C)C. The lowest BCUT2D eigenvalue weighted by Gasteiger charge is -2.50. The normalized spacial score (nSPS) is 21.3. The molecule has 2 aliphatic rings. The van der Waals surface area contributed by atoms with E-state index in [1.165, 1.54) is 5.56 Å². The summed E-state index contributed by atoms with van der Waals surface area (Å²) in [6, 6.07) is 10.5. The summed E-state index contributed by atoms with van der Waals surface area (Å²) >= 11 is 0. The molecule has 0 fully saturated rings. The van der Waals surface area contributed by atoms with Gasteiger partial charge in [0.2, 0.25) is 0 Å². The van der Waals surface area contributed by atoms with Gasteiger partial charge in [-0.25, -0.2) is 0 Å². The van der Waals surface area contributed by atoms with Gasteiger partial charge in [-0.15, -0.1) is 0 Å². The van der Waals surface area contributed by atoms with Crippen LogP contribution < -0.4 is 0 Å². The van der Waals surface area contributed by atoms with Gasteiger partial charge in [0.05, 0.1) is 5.54 Å². The van der Waals surface area contributed by atoms with Gasteiger partial charge in [-0.3, -0.25) is 9.59 Å². The van der Waals surface area contributed by atoms with Crippen LogP contribution in [0.1, 0.15) is 121 Å². The Balaban J connectivity index is 1.89. The lowest BCUT2D eigenvalue weighted by atomic mass is 9.66. The number of Topliss-reactive ketones (excluding diaryl/α,β-unsaturated/α-hetero) is 2. The molecule has 0 aliphatic carbocycles. The average Bonchev–Trinajstić information content (AvgIpc) is 2.85. The fourth-order valence-corrected chi connectivity index (χ4v) is 7.23. The second kappa shape index (κ2) is 11.7. The van der Waals surface area contributed by atoms with Crippen molar-refractivity contribution in [1.29, 1.82) is 0 Å². The number of nitrogens with zero attached hydrogens (tertiary/aromatic N) is 2. The molecule has 0 aromatic heterocycles. The van der Waals surface area contributed by atoms with Gasteiger partial charge < -0.3 is 9.80 Å². The Morgan fingerprint density at radius 2 is 1.44 bits per heavy atom. The van der Waals surface area contributed by atoms with Crippen LogP contribution in [0.5, 0.6) is 0 Å². The number of carbonyl (C=O) groups excluding carboxylic acids is 2. The number of rotatable bonds is 10. The predicted octanol–water partition coefficient (Wildman–Crippen LogP) is 8.92. The van der Waals surface area contributed by atoms with E-state index in [1.54, 1.807) is 0 Å². The third-order valence-electron chi connectivity index (χ3n) is 9.99. The van der Waals surface area contributed by atoms with Gasteiger partial charge in [0.25, 0.3) is 0 Å². The summed E-state index contributed by atoms with van der Waals surface area (Å²) < 4.78 is 0. The van der Waals surface area contributed by atoms with Crippen molar-refractivity contribution in [3.63, 3.8) is 0 Å². The summed E-state index contributed by atoms with van der Waals surface area (Å²) in [7, 11) is 0. The van der Waals surface area contributed by atoms with Gasteiger partial charge in [0.15, 0.2) is 11.6 Å². The third kappa shape index (κ3) is 7.35. The molecule has 4 heteroatoms. The lowest BCUT2D eigenvalue weighted by molar-refractivity contribution is -0.117.